The van der Waals surface area contributed by atoms with Gasteiger partial charge in [-0.05, 0) is 49.6 Å². The molecular formula is C24H31N3O3. The number of rotatable bonds is 8. The first-order chi connectivity index (χ1) is 14.5. The number of pyridine rings is 1. The van der Waals surface area contributed by atoms with Gasteiger partial charge in [0.05, 0.1) is 30.8 Å². The molecule has 1 aliphatic heterocycles. The molecule has 1 saturated heterocycles. The maximum atomic E-state index is 13.3. The lowest BCUT2D eigenvalue weighted by Gasteiger charge is -2.41. The van der Waals surface area contributed by atoms with Crippen LogP contribution in [-0.4, -0.2) is 35.4 Å². The van der Waals surface area contributed by atoms with E-state index in [0.29, 0.717) is 19.4 Å². The van der Waals surface area contributed by atoms with Gasteiger partial charge < -0.3 is 15.0 Å². The first kappa shape index (κ1) is 21.8. The van der Waals surface area contributed by atoms with E-state index in [0.717, 1.165) is 29.8 Å². The van der Waals surface area contributed by atoms with Crippen molar-refractivity contribution < 1.29 is 14.3 Å². The average molecular weight is 410 g/mol. The molecule has 3 rings (SSSR count). The molecule has 3 atom stereocenters. The van der Waals surface area contributed by atoms with E-state index in [2.05, 4.69) is 17.2 Å². The maximum absolute atomic E-state index is 13.3. The van der Waals surface area contributed by atoms with Crippen molar-refractivity contribution in [2.45, 2.75) is 51.6 Å². The van der Waals surface area contributed by atoms with Crippen molar-refractivity contribution in [3.05, 3.63) is 59.9 Å². The van der Waals surface area contributed by atoms with Gasteiger partial charge >= 0.3 is 0 Å². The lowest BCUT2D eigenvalue weighted by Crippen LogP contribution is -2.48. The molecule has 1 N–H and O–H groups in total. The largest absolute Gasteiger partial charge is 0.497 e. The number of nitrogens with zero attached hydrogens (tertiary/aromatic N) is 2. The first-order valence-electron chi connectivity index (χ1n) is 10.7. The number of ether oxygens (including phenoxy) is 1. The predicted molar refractivity (Wildman–Crippen MR) is 116 cm³/mol. The summed E-state index contributed by atoms with van der Waals surface area (Å²) in [6.45, 7) is 4.70. The molecule has 30 heavy (non-hydrogen) atoms. The molecule has 0 saturated carbocycles. The van der Waals surface area contributed by atoms with Crippen LogP contribution in [0.1, 0.15) is 62.9 Å². The molecule has 0 bridgehead atoms. The Balaban J connectivity index is 1.86. The standard InChI is InChI=1S/C24H31N3O3/c1-4-5-16-27-22(28)14-13-20(23(27)18-9-11-19(30-3)12-10-18)24(29)26-17(2)21-8-6-7-15-25-21/h6-12,15,17,20,23H,4-5,13-14,16H2,1-3H3,(H,26,29)/t17-,20+,23+/m0/s1. The Kier molecular flexibility index (Phi) is 7.44. The van der Waals surface area contributed by atoms with Gasteiger partial charge in [-0.25, -0.2) is 0 Å². The number of unbranched alkanes of at least 4 members (excludes halogenated alkanes) is 1. The molecule has 1 aromatic heterocycles. The van der Waals surface area contributed by atoms with Crippen LogP contribution < -0.4 is 10.1 Å². The summed E-state index contributed by atoms with van der Waals surface area (Å²) in [5, 5.41) is 3.12. The van der Waals surface area contributed by atoms with Gasteiger partial charge in [0.15, 0.2) is 0 Å². The normalized spacial score (nSPS) is 20.0. The van der Waals surface area contributed by atoms with Crippen LogP contribution in [-0.2, 0) is 9.59 Å². The highest BCUT2D eigenvalue weighted by molar-refractivity contribution is 5.85. The highest BCUT2D eigenvalue weighted by Crippen LogP contribution is 2.38. The van der Waals surface area contributed by atoms with Crippen molar-refractivity contribution in [1.29, 1.82) is 0 Å². The summed E-state index contributed by atoms with van der Waals surface area (Å²) < 4.78 is 5.28. The number of benzene rings is 1. The number of amides is 2. The van der Waals surface area contributed by atoms with Gasteiger partial charge in [-0.1, -0.05) is 31.5 Å². The molecule has 2 amide bonds. The van der Waals surface area contributed by atoms with Crippen molar-refractivity contribution in [2.24, 2.45) is 5.92 Å². The molecule has 1 aliphatic rings. The Morgan fingerprint density at radius 2 is 2.03 bits per heavy atom. The molecule has 2 aromatic rings. The summed E-state index contributed by atoms with van der Waals surface area (Å²) in [5.74, 6) is 0.527. The first-order valence-corrected chi connectivity index (χ1v) is 10.7. The van der Waals surface area contributed by atoms with E-state index < -0.39 is 0 Å². The second kappa shape index (κ2) is 10.2. The van der Waals surface area contributed by atoms with Crippen LogP contribution in [0, 0.1) is 5.92 Å². The lowest BCUT2D eigenvalue weighted by molar-refractivity contribution is -0.143. The molecule has 0 unspecified atom stereocenters. The zero-order valence-electron chi connectivity index (χ0n) is 18.0. The van der Waals surface area contributed by atoms with Gasteiger partial charge in [-0.3, -0.25) is 14.6 Å². The molecule has 1 aromatic carbocycles. The number of hydrogen-bond donors (Lipinski definition) is 1. The van der Waals surface area contributed by atoms with Crippen LogP contribution in [0.15, 0.2) is 48.7 Å². The van der Waals surface area contributed by atoms with E-state index in [1.54, 1.807) is 13.3 Å². The average Bonchev–Trinajstić information content (AvgIpc) is 2.78. The highest BCUT2D eigenvalue weighted by Gasteiger charge is 2.40. The highest BCUT2D eigenvalue weighted by atomic mass is 16.5. The number of likely N-dealkylation sites (tertiary alicyclic amines) is 1. The third-order valence-electron chi connectivity index (χ3n) is 5.74. The maximum Gasteiger partial charge on any atom is 0.226 e. The Morgan fingerprint density at radius 3 is 2.67 bits per heavy atom. The van der Waals surface area contributed by atoms with Gasteiger partial charge in [0.25, 0.3) is 0 Å². The third-order valence-corrected chi connectivity index (χ3v) is 5.74. The third kappa shape index (κ3) is 4.99. The number of nitrogens with one attached hydrogen (secondary N) is 1. The van der Waals surface area contributed by atoms with Crippen LogP contribution in [0.2, 0.25) is 0 Å². The molecule has 0 radical (unpaired) electrons. The fourth-order valence-electron chi connectivity index (χ4n) is 4.06. The molecular weight excluding hydrogens is 378 g/mol. The van der Waals surface area contributed by atoms with Crippen molar-refractivity contribution in [3.8, 4) is 5.75 Å². The lowest BCUT2D eigenvalue weighted by atomic mass is 9.83. The van der Waals surface area contributed by atoms with E-state index in [4.69, 9.17) is 4.74 Å². The Labute approximate surface area is 178 Å². The Bertz CT molecular complexity index is 839. The van der Waals surface area contributed by atoms with E-state index in [-0.39, 0.29) is 29.8 Å². The summed E-state index contributed by atoms with van der Waals surface area (Å²) in [7, 11) is 1.63. The number of piperidine rings is 1. The summed E-state index contributed by atoms with van der Waals surface area (Å²) in [4.78, 5) is 32.3. The van der Waals surface area contributed by atoms with Gasteiger partial charge in [0.1, 0.15) is 5.75 Å². The Hall–Kier alpha value is -2.89. The van der Waals surface area contributed by atoms with Gasteiger partial charge in [-0.2, -0.15) is 0 Å². The zero-order chi connectivity index (χ0) is 21.5. The molecule has 0 spiro atoms. The summed E-state index contributed by atoms with van der Waals surface area (Å²) in [6.07, 6.45) is 4.57. The molecule has 2 heterocycles. The van der Waals surface area contributed by atoms with Crippen LogP contribution in [0.25, 0.3) is 0 Å². The number of carbonyl (C=O) groups is 2. The molecule has 6 heteroatoms. The Morgan fingerprint density at radius 1 is 1.27 bits per heavy atom. The van der Waals surface area contributed by atoms with Crippen LogP contribution >= 0.6 is 0 Å². The quantitative estimate of drug-likeness (QED) is 0.714. The SMILES string of the molecule is CCCCN1C(=O)CC[C@@H](C(=O)N[C@@H](C)c2ccccn2)[C@H]1c1ccc(OC)cc1. The minimum absolute atomic E-state index is 0.0389. The summed E-state index contributed by atoms with van der Waals surface area (Å²) in [5.41, 5.74) is 1.78. The molecule has 6 nitrogen and oxygen atoms in total. The number of methoxy groups -OCH3 is 1. The minimum Gasteiger partial charge on any atom is -0.497 e. The fraction of sp³-hybridized carbons (Fsp3) is 0.458. The van der Waals surface area contributed by atoms with E-state index >= 15 is 0 Å². The second-order valence-corrected chi connectivity index (χ2v) is 7.79. The monoisotopic (exact) mass is 409 g/mol. The van der Waals surface area contributed by atoms with Gasteiger partial charge in [-0.15, -0.1) is 0 Å². The smallest absolute Gasteiger partial charge is 0.226 e. The van der Waals surface area contributed by atoms with E-state index in [9.17, 15) is 9.59 Å². The summed E-state index contributed by atoms with van der Waals surface area (Å²) >= 11 is 0. The summed E-state index contributed by atoms with van der Waals surface area (Å²) in [6, 6.07) is 12.9. The van der Waals surface area contributed by atoms with Crippen molar-refractivity contribution in [3.63, 3.8) is 0 Å². The molecule has 1 fully saturated rings. The van der Waals surface area contributed by atoms with Crippen LogP contribution in [0.4, 0.5) is 0 Å². The second-order valence-electron chi connectivity index (χ2n) is 7.79. The van der Waals surface area contributed by atoms with Crippen LogP contribution in [0.5, 0.6) is 5.75 Å². The van der Waals surface area contributed by atoms with Gasteiger partial charge in [0.2, 0.25) is 11.8 Å². The fourth-order valence-corrected chi connectivity index (χ4v) is 4.06. The van der Waals surface area contributed by atoms with E-state index in [1.807, 2.05) is 54.3 Å². The predicted octanol–water partition coefficient (Wildman–Crippen LogP) is 4.05. The van der Waals surface area contributed by atoms with Gasteiger partial charge in [0, 0.05) is 19.2 Å². The van der Waals surface area contributed by atoms with Crippen molar-refractivity contribution in [1.82, 2.24) is 15.2 Å². The van der Waals surface area contributed by atoms with Crippen molar-refractivity contribution >= 4 is 11.8 Å². The zero-order valence-corrected chi connectivity index (χ0v) is 18.0. The van der Waals surface area contributed by atoms with E-state index in [1.165, 1.54) is 0 Å². The number of hydrogen-bond acceptors (Lipinski definition) is 4. The van der Waals surface area contributed by atoms with Crippen molar-refractivity contribution in [2.75, 3.05) is 13.7 Å². The molecule has 0 aliphatic carbocycles. The number of carbonyl (C=O) groups excluding carboxylic acids is 2. The topological polar surface area (TPSA) is 71.5 Å². The van der Waals surface area contributed by atoms with Crippen LogP contribution in [0.3, 0.4) is 0 Å². The molecule has 160 valence electrons. The number of aromatic nitrogens is 1. The minimum atomic E-state index is -0.306.